The highest BCUT2D eigenvalue weighted by Crippen LogP contribution is 2.31. The molecule has 4 nitrogen and oxygen atoms in total. The Morgan fingerprint density at radius 1 is 1.17 bits per heavy atom. The Balaban J connectivity index is 2.03. The molecule has 1 heterocycles. The van der Waals surface area contributed by atoms with Crippen LogP contribution in [0.4, 0.5) is 0 Å². The van der Waals surface area contributed by atoms with Gasteiger partial charge >= 0.3 is 0 Å². The molecule has 0 bridgehead atoms. The molecule has 122 valence electrons. The molecule has 0 radical (unpaired) electrons. The van der Waals surface area contributed by atoms with E-state index in [9.17, 15) is 8.42 Å². The highest BCUT2D eigenvalue weighted by Gasteiger charge is 2.35. The van der Waals surface area contributed by atoms with E-state index in [4.69, 9.17) is 0 Å². The van der Waals surface area contributed by atoms with E-state index in [1.807, 2.05) is 43.3 Å². The summed E-state index contributed by atoms with van der Waals surface area (Å²) in [5, 5.41) is 3.30. The zero-order valence-electron chi connectivity index (χ0n) is 12.9. The lowest BCUT2D eigenvalue weighted by atomic mass is 10.1. The van der Waals surface area contributed by atoms with Crippen LogP contribution in [0.1, 0.15) is 17.2 Å². The van der Waals surface area contributed by atoms with Crippen LogP contribution in [0.25, 0.3) is 0 Å². The van der Waals surface area contributed by atoms with Crippen molar-refractivity contribution in [1.29, 1.82) is 0 Å². The molecule has 0 spiro atoms. The van der Waals surface area contributed by atoms with Crippen LogP contribution in [0.2, 0.25) is 0 Å². The van der Waals surface area contributed by atoms with E-state index in [-0.39, 0.29) is 6.04 Å². The summed E-state index contributed by atoms with van der Waals surface area (Å²) in [6.45, 7) is 3.58. The Morgan fingerprint density at radius 2 is 1.96 bits per heavy atom. The third-order valence-electron chi connectivity index (χ3n) is 4.11. The van der Waals surface area contributed by atoms with E-state index in [0.29, 0.717) is 24.5 Å². The average Bonchev–Trinajstić information content (AvgIpc) is 2.55. The second-order valence-corrected chi connectivity index (χ2v) is 8.43. The predicted octanol–water partition coefficient (Wildman–Crippen LogP) is 3.09. The molecule has 1 aliphatic rings. The number of aryl methyl sites for hydroxylation is 1. The van der Waals surface area contributed by atoms with Gasteiger partial charge in [-0.1, -0.05) is 46.3 Å². The van der Waals surface area contributed by atoms with Crippen molar-refractivity contribution in [2.45, 2.75) is 17.9 Å². The molecule has 1 unspecified atom stereocenters. The van der Waals surface area contributed by atoms with Crippen molar-refractivity contribution in [1.82, 2.24) is 9.62 Å². The first kappa shape index (κ1) is 16.6. The number of halogens is 1. The van der Waals surface area contributed by atoms with Gasteiger partial charge in [-0.3, -0.25) is 0 Å². The van der Waals surface area contributed by atoms with E-state index >= 15 is 0 Å². The molecule has 23 heavy (non-hydrogen) atoms. The van der Waals surface area contributed by atoms with Crippen LogP contribution in [0.3, 0.4) is 0 Å². The minimum Gasteiger partial charge on any atom is -0.313 e. The van der Waals surface area contributed by atoms with E-state index in [2.05, 4.69) is 21.2 Å². The van der Waals surface area contributed by atoms with Gasteiger partial charge in [0.15, 0.2) is 0 Å². The Bertz CT molecular complexity index is 808. The molecule has 1 saturated heterocycles. The van der Waals surface area contributed by atoms with Gasteiger partial charge in [-0.25, -0.2) is 8.42 Å². The zero-order valence-corrected chi connectivity index (χ0v) is 15.3. The minimum absolute atomic E-state index is 0.203. The van der Waals surface area contributed by atoms with Crippen molar-refractivity contribution < 1.29 is 8.42 Å². The van der Waals surface area contributed by atoms with Crippen LogP contribution < -0.4 is 5.32 Å². The van der Waals surface area contributed by atoms with Crippen LogP contribution in [-0.4, -0.2) is 32.4 Å². The number of hydrogen-bond acceptors (Lipinski definition) is 3. The van der Waals surface area contributed by atoms with Gasteiger partial charge in [0.05, 0.1) is 10.9 Å². The van der Waals surface area contributed by atoms with Gasteiger partial charge in [0.2, 0.25) is 10.0 Å². The first-order valence-electron chi connectivity index (χ1n) is 7.54. The summed E-state index contributed by atoms with van der Waals surface area (Å²) in [5.41, 5.74) is 1.77. The molecule has 3 rings (SSSR count). The quantitative estimate of drug-likeness (QED) is 0.869. The van der Waals surface area contributed by atoms with Gasteiger partial charge in [0, 0.05) is 24.1 Å². The van der Waals surface area contributed by atoms with Crippen LogP contribution in [0.15, 0.2) is 57.9 Å². The Hall–Kier alpha value is -1.21. The van der Waals surface area contributed by atoms with Gasteiger partial charge in [-0.2, -0.15) is 4.31 Å². The molecule has 1 aliphatic heterocycles. The molecule has 0 aliphatic carbocycles. The fraction of sp³-hybridized carbons (Fsp3) is 0.294. The van der Waals surface area contributed by atoms with Crippen LogP contribution in [0, 0.1) is 6.92 Å². The van der Waals surface area contributed by atoms with E-state index in [1.54, 1.807) is 16.4 Å². The highest BCUT2D eigenvalue weighted by atomic mass is 79.9. The number of nitrogens with one attached hydrogen (secondary N) is 1. The molecule has 2 aromatic carbocycles. The summed E-state index contributed by atoms with van der Waals surface area (Å²) in [5.74, 6) is 0. The summed E-state index contributed by atoms with van der Waals surface area (Å²) < 4.78 is 28.9. The first-order valence-corrected chi connectivity index (χ1v) is 9.77. The molecule has 0 aromatic heterocycles. The second kappa shape index (κ2) is 6.73. The lowest BCUT2D eigenvalue weighted by Gasteiger charge is -2.35. The van der Waals surface area contributed by atoms with Crippen LogP contribution in [0.5, 0.6) is 0 Å². The maximum atomic E-state index is 13.2. The zero-order chi connectivity index (χ0) is 16.4. The molecule has 0 saturated carbocycles. The van der Waals surface area contributed by atoms with Gasteiger partial charge < -0.3 is 5.32 Å². The average molecular weight is 395 g/mol. The molecule has 1 fully saturated rings. The molecule has 0 amide bonds. The highest BCUT2D eigenvalue weighted by molar-refractivity contribution is 9.10. The van der Waals surface area contributed by atoms with Crippen molar-refractivity contribution >= 4 is 26.0 Å². The van der Waals surface area contributed by atoms with Crippen molar-refractivity contribution in [2.24, 2.45) is 0 Å². The maximum absolute atomic E-state index is 13.2. The number of piperazine rings is 1. The van der Waals surface area contributed by atoms with Crippen molar-refractivity contribution in [2.75, 3.05) is 19.6 Å². The summed E-state index contributed by atoms with van der Waals surface area (Å²) in [4.78, 5) is 0.391. The number of rotatable bonds is 3. The summed E-state index contributed by atoms with van der Waals surface area (Å²) >= 11 is 3.47. The third kappa shape index (κ3) is 3.35. The van der Waals surface area contributed by atoms with Crippen LogP contribution >= 0.6 is 15.9 Å². The lowest BCUT2D eigenvalue weighted by molar-refractivity contribution is 0.271. The lowest BCUT2D eigenvalue weighted by Crippen LogP contribution is -2.48. The topological polar surface area (TPSA) is 49.4 Å². The normalized spacial score (nSPS) is 19.7. The Morgan fingerprint density at radius 3 is 2.70 bits per heavy atom. The summed E-state index contributed by atoms with van der Waals surface area (Å²) in [7, 11) is -3.52. The SMILES string of the molecule is Cc1ccccc1S(=O)(=O)N1CCNCC1c1cccc(Br)c1. The van der Waals surface area contributed by atoms with E-state index < -0.39 is 10.0 Å². The fourth-order valence-electron chi connectivity index (χ4n) is 2.94. The minimum atomic E-state index is -3.52. The van der Waals surface area contributed by atoms with Gasteiger partial charge in [0.1, 0.15) is 0 Å². The van der Waals surface area contributed by atoms with Gasteiger partial charge in [-0.05, 0) is 36.2 Å². The predicted molar refractivity (Wildman–Crippen MR) is 94.8 cm³/mol. The number of nitrogens with zero attached hydrogens (tertiary/aromatic N) is 1. The maximum Gasteiger partial charge on any atom is 0.243 e. The molecule has 2 aromatic rings. The largest absolute Gasteiger partial charge is 0.313 e. The van der Waals surface area contributed by atoms with Crippen molar-refractivity contribution in [3.8, 4) is 0 Å². The summed E-state index contributed by atoms with van der Waals surface area (Å²) in [6, 6.07) is 14.8. The van der Waals surface area contributed by atoms with E-state index in [1.165, 1.54) is 0 Å². The standard InChI is InChI=1S/C17H19BrN2O2S/c1-13-5-2-3-8-17(13)23(21,22)20-10-9-19-12-16(20)14-6-4-7-15(18)11-14/h2-8,11,16,19H,9-10,12H2,1H3. The van der Waals surface area contributed by atoms with E-state index in [0.717, 1.165) is 15.6 Å². The first-order chi connectivity index (χ1) is 11.0. The monoisotopic (exact) mass is 394 g/mol. The number of hydrogen-bond donors (Lipinski definition) is 1. The molecular weight excluding hydrogens is 376 g/mol. The number of benzene rings is 2. The fourth-order valence-corrected chi connectivity index (χ4v) is 5.20. The molecule has 1 atom stereocenters. The molecule has 1 N–H and O–H groups in total. The summed E-state index contributed by atoms with van der Waals surface area (Å²) in [6.07, 6.45) is 0. The second-order valence-electron chi connectivity index (χ2n) is 5.66. The van der Waals surface area contributed by atoms with Crippen molar-refractivity contribution in [3.05, 3.63) is 64.1 Å². The third-order valence-corrected chi connectivity index (χ3v) is 6.67. The van der Waals surface area contributed by atoms with Crippen molar-refractivity contribution in [3.63, 3.8) is 0 Å². The Kier molecular flexibility index (Phi) is 4.87. The van der Waals surface area contributed by atoms with Gasteiger partial charge in [0.25, 0.3) is 0 Å². The smallest absolute Gasteiger partial charge is 0.243 e. The van der Waals surface area contributed by atoms with Crippen LogP contribution in [-0.2, 0) is 10.0 Å². The molecular formula is C17H19BrN2O2S. The molecule has 6 heteroatoms. The van der Waals surface area contributed by atoms with Gasteiger partial charge in [-0.15, -0.1) is 0 Å². The Labute approximate surface area is 145 Å². The number of sulfonamides is 1.